The van der Waals surface area contributed by atoms with Crippen LogP contribution in [-0.4, -0.2) is 19.3 Å². The molecule has 0 fully saturated rings. The van der Waals surface area contributed by atoms with Gasteiger partial charge in [0.05, 0.1) is 5.69 Å². The van der Waals surface area contributed by atoms with Crippen LogP contribution in [0.3, 0.4) is 0 Å². The van der Waals surface area contributed by atoms with Crippen LogP contribution in [0.5, 0.6) is 0 Å². The molecule has 0 bridgehead atoms. The summed E-state index contributed by atoms with van der Waals surface area (Å²) in [6, 6.07) is 0. The van der Waals surface area contributed by atoms with Crippen LogP contribution in [0.25, 0.3) is 0 Å². The minimum atomic E-state index is -0.252. The summed E-state index contributed by atoms with van der Waals surface area (Å²) in [4.78, 5) is 15.4. The Bertz CT molecular complexity index is 587. The molecule has 1 N–H and O–H groups in total. The van der Waals surface area contributed by atoms with Gasteiger partial charge in [-0.2, -0.15) is 0 Å². The molecule has 2 heterocycles. The largest absolute Gasteiger partial charge is 0.317 e. The summed E-state index contributed by atoms with van der Waals surface area (Å²) in [5.74, 6) is 0.461. The molecule has 0 atom stereocenters. The molecule has 0 saturated carbocycles. The number of rotatable bonds is 2. The fourth-order valence-corrected chi connectivity index (χ4v) is 1.28. The molecule has 7 nitrogen and oxygen atoms in total. The Balaban J connectivity index is 2.38. The van der Waals surface area contributed by atoms with Gasteiger partial charge < -0.3 is 4.57 Å². The number of nitrogens with one attached hydrogen (secondary N) is 1. The monoisotopic (exact) mass is 220 g/mol. The van der Waals surface area contributed by atoms with E-state index in [0.29, 0.717) is 11.6 Å². The van der Waals surface area contributed by atoms with Gasteiger partial charge in [0.1, 0.15) is 0 Å². The Morgan fingerprint density at radius 2 is 2.12 bits per heavy atom. The number of azo groups is 1. The van der Waals surface area contributed by atoms with Crippen LogP contribution in [0, 0.1) is 6.92 Å². The van der Waals surface area contributed by atoms with Gasteiger partial charge in [0, 0.05) is 26.5 Å². The molecule has 0 unspecified atom stereocenters. The van der Waals surface area contributed by atoms with Crippen LogP contribution >= 0.6 is 0 Å². The highest BCUT2D eigenvalue weighted by Crippen LogP contribution is 2.15. The summed E-state index contributed by atoms with van der Waals surface area (Å²) in [5.41, 5.74) is 0.798. The number of aromatic nitrogens is 4. The summed E-state index contributed by atoms with van der Waals surface area (Å²) in [6.07, 6.45) is 3.38. The Hall–Kier alpha value is -2.18. The molecule has 16 heavy (non-hydrogen) atoms. The van der Waals surface area contributed by atoms with Crippen molar-refractivity contribution in [3.8, 4) is 0 Å². The zero-order valence-electron chi connectivity index (χ0n) is 9.30. The van der Waals surface area contributed by atoms with Gasteiger partial charge in [-0.1, -0.05) is 0 Å². The molecule has 84 valence electrons. The average molecular weight is 220 g/mol. The molecule has 2 aromatic rings. The summed E-state index contributed by atoms with van der Waals surface area (Å²) in [5, 5.41) is 10.4. The second-order valence-corrected chi connectivity index (χ2v) is 3.47. The fourth-order valence-electron chi connectivity index (χ4n) is 1.28. The van der Waals surface area contributed by atoms with Crippen LogP contribution in [0.4, 0.5) is 11.6 Å². The van der Waals surface area contributed by atoms with Gasteiger partial charge in [-0.25, -0.2) is 4.98 Å². The SMILES string of the molecule is Cc1c(/N=N/c2nccn2C)c(=O)[nH]n1C. The predicted octanol–water partition coefficient (Wildman–Crippen LogP) is 1.17. The van der Waals surface area contributed by atoms with E-state index >= 15 is 0 Å². The summed E-state index contributed by atoms with van der Waals surface area (Å²) in [6.45, 7) is 1.80. The number of aromatic amines is 1. The van der Waals surface area contributed by atoms with Gasteiger partial charge in [-0.15, -0.1) is 10.2 Å². The third kappa shape index (κ3) is 1.67. The quantitative estimate of drug-likeness (QED) is 0.771. The van der Waals surface area contributed by atoms with Crippen LogP contribution in [-0.2, 0) is 14.1 Å². The molecular weight excluding hydrogens is 208 g/mol. The van der Waals surface area contributed by atoms with Crippen molar-refractivity contribution >= 4 is 11.6 Å². The van der Waals surface area contributed by atoms with Gasteiger partial charge in [-0.05, 0) is 6.92 Å². The van der Waals surface area contributed by atoms with Gasteiger partial charge in [0.25, 0.3) is 5.56 Å². The first-order valence-electron chi connectivity index (χ1n) is 4.74. The van der Waals surface area contributed by atoms with E-state index in [1.165, 1.54) is 0 Å². The molecule has 0 aliphatic heterocycles. The highest BCUT2D eigenvalue weighted by Gasteiger charge is 2.07. The molecule has 2 aromatic heterocycles. The first-order valence-corrected chi connectivity index (χ1v) is 4.74. The van der Waals surface area contributed by atoms with E-state index in [4.69, 9.17) is 0 Å². The van der Waals surface area contributed by atoms with E-state index < -0.39 is 0 Å². The minimum Gasteiger partial charge on any atom is -0.317 e. The number of nitrogens with zero attached hydrogens (tertiary/aromatic N) is 5. The van der Waals surface area contributed by atoms with E-state index in [0.717, 1.165) is 5.69 Å². The maximum atomic E-state index is 11.4. The second kappa shape index (κ2) is 3.76. The lowest BCUT2D eigenvalue weighted by Gasteiger charge is -1.93. The highest BCUT2D eigenvalue weighted by molar-refractivity contribution is 5.38. The summed E-state index contributed by atoms with van der Waals surface area (Å²) in [7, 11) is 3.56. The van der Waals surface area contributed by atoms with Gasteiger partial charge in [0.2, 0.25) is 5.95 Å². The van der Waals surface area contributed by atoms with Crippen molar-refractivity contribution in [2.45, 2.75) is 6.92 Å². The van der Waals surface area contributed by atoms with Crippen molar-refractivity contribution in [3.63, 3.8) is 0 Å². The number of aryl methyl sites for hydroxylation is 2. The van der Waals surface area contributed by atoms with Crippen molar-refractivity contribution in [2.24, 2.45) is 24.3 Å². The first kappa shape index (κ1) is 10.3. The lowest BCUT2D eigenvalue weighted by molar-refractivity contribution is 0.731. The standard InChI is InChI=1S/C9H12N6O/c1-6-7(8(16)13-15(6)3)11-12-9-10-4-5-14(9)2/h4-5H,1-3H3,(H,13,16)/b12-11+. The second-order valence-electron chi connectivity index (χ2n) is 3.47. The maximum absolute atomic E-state index is 11.4. The van der Waals surface area contributed by atoms with Crippen molar-refractivity contribution in [1.29, 1.82) is 0 Å². The summed E-state index contributed by atoms with van der Waals surface area (Å²) >= 11 is 0. The zero-order valence-corrected chi connectivity index (χ0v) is 9.30. The third-order valence-electron chi connectivity index (χ3n) is 2.37. The molecule has 0 spiro atoms. The molecule has 0 radical (unpaired) electrons. The number of hydrogen-bond acceptors (Lipinski definition) is 4. The van der Waals surface area contributed by atoms with E-state index in [9.17, 15) is 4.79 Å². The Morgan fingerprint density at radius 3 is 2.62 bits per heavy atom. The molecule has 0 aliphatic rings. The lowest BCUT2D eigenvalue weighted by atomic mass is 10.4. The lowest BCUT2D eigenvalue weighted by Crippen LogP contribution is -2.01. The van der Waals surface area contributed by atoms with E-state index in [1.807, 2.05) is 7.05 Å². The van der Waals surface area contributed by atoms with Crippen LogP contribution in [0.2, 0.25) is 0 Å². The number of imidazole rings is 1. The molecular formula is C9H12N6O. The Kier molecular flexibility index (Phi) is 2.43. The van der Waals surface area contributed by atoms with Crippen LogP contribution < -0.4 is 5.56 Å². The average Bonchev–Trinajstić information content (AvgIpc) is 2.72. The van der Waals surface area contributed by atoms with Gasteiger partial charge in [0.15, 0.2) is 5.69 Å². The highest BCUT2D eigenvalue weighted by atomic mass is 16.1. The molecule has 2 rings (SSSR count). The van der Waals surface area contributed by atoms with Gasteiger partial charge in [-0.3, -0.25) is 14.6 Å². The minimum absolute atomic E-state index is 0.252. The van der Waals surface area contributed by atoms with Crippen molar-refractivity contribution < 1.29 is 0 Å². The Morgan fingerprint density at radius 1 is 1.38 bits per heavy atom. The predicted molar refractivity (Wildman–Crippen MR) is 58.2 cm³/mol. The van der Waals surface area contributed by atoms with Crippen molar-refractivity contribution in [2.75, 3.05) is 0 Å². The topological polar surface area (TPSA) is 80.3 Å². The summed E-state index contributed by atoms with van der Waals surface area (Å²) < 4.78 is 3.32. The van der Waals surface area contributed by atoms with Crippen LogP contribution in [0.15, 0.2) is 27.4 Å². The molecule has 0 aromatic carbocycles. The zero-order chi connectivity index (χ0) is 11.7. The Labute approximate surface area is 91.4 Å². The molecule has 7 heteroatoms. The number of H-pyrrole nitrogens is 1. The smallest absolute Gasteiger partial charge is 0.292 e. The molecule has 0 amide bonds. The third-order valence-corrected chi connectivity index (χ3v) is 2.37. The van der Waals surface area contributed by atoms with E-state index in [2.05, 4.69) is 20.3 Å². The first-order chi connectivity index (χ1) is 7.59. The molecule has 0 saturated heterocycles. The van der Waals surface area contributed by atoms with Crippen molar-refractivity contribution in [3.05, 3.63) is 28.4 Å². The van der Waals surface area contributed by atoms with Crippen molar-refractivity contribution in [1.82, 2.24) is 19.3 Å². The van der Waals surface area contributed by atoms with E-state index in [1.54, 1.807) is 35.6 Å². The maximum Gasteiger partial charge on any atom is 0.292 e. The number of hydrogen-bond donors (Lipinski definition) is 1. The van der Waals surface area contributed by atoms with Crippen LogP contribution in [0.1, 0.15) is 5.69 Å². The normalized spacial score (nSPS) is 11.4. The molecule has 0 aliphatic carbocycles. The fraction of sp³-hybridized carbons (Fsp3) is 0.333. The van der Waals surface area contributed by atoms with Gasteiger partial charge >= 0.3 is 0 Å². The van der Waals surface area contributed by atoms with E-state index in [-0.39, 0.29) is 5.56 Å².